The predicted molar refractivity (Wildman–Crippen MR) is 76.8 cm³/mol. The molecule has 1 saturated heterocycles. The summed E-state index contributed by atoms with van der Waals surface area (Å²) in [5.74, 6) is 0.880. The zero-order valence-corrected chi connectivity index (χ0v) is 12.3. The molecule has 0 aliphatic carbocycles. The second kappa shape index (κ2) is 6.65. The normalized spacial score (nSPS) is 18.2. The predicted octanol–water partition coefficient (Wildman–Crippen LogP) is 2.30. The number of benzene rings is 1. The third kappa shape index (κ3) is 3.25. The molecule has 0 unspecified atom stereocenters. The van der Waals surface area contributed by atoms with E-state index in [2.05, 4.69) is 0 Å². The van der Waals surface area contributed by atoms with Crippen LogP contribution in [-0.4, -0.2) is 41.6 Å². The number of hydrogen-bond acceptors (Lipinski definition) is 5. The molecule has 6 heteroatoms. The molecule has 1 aliphatic rings. The first-order valence-corrected chi connectivity index (χ1v) is 7.37. The highest BCUT2D eigenvalue weighted by molar-refractivity contribution is 8.13. The Morgan fingerprint density at radius 2 is 2.10 bits per heavy atom. The van der Waals surface area contributed by atoms with Crippen LogP contribution >= 0.6 is 11.8 Å². The Balaban J connectivity index is 2.08. The fraction of sp³-hybridized carbons (Fsp3) is 0.429. The zero-order chi connectivity index (χ0) is 14.5. The molecule has 108 valence electrons. The van der Waals surface area contributed by atoms with E-state index in [1.807, 2.05) is 24.3 Å². The highest BCUT2D eigenvalue weighted by Crippen LogP contribution is 2.27. The Labute approximate surface area is 122 Å². The second-order valence-electron chi connectivity index (χ2n) is 4.32. The first-order chi connectivity index (χ1) is 9.65. The highest BCUT2D eigenvalue weighted by atomic mass is 32.2. The Morgan fingerprint density at radius 3 is 2.70 bits per heavy atom. The van der Waals surface area contributed by atoms with E-state index in [1.165, 1.54) is 0 Å². The van der Waals surface area contributed by atoms with Crippen LogP contribution in [0, 0.1) is 0 Å². The van der Waals surface area contributed by atoms with Crippen molar-refractivity contribution in [2.45, 2.75) is 19.5 Å². The van der Waals surface area contributed by atoms with Crippen molar-refractivity contribution in [3.8, 4) is 5.75 Å². The van der Waals surface area contributed by atoms with E-state index in [0.29, 0.717) is 18.9 Å². The zero-order valence-electron chi connectivity index (χ0n) is 11.5. The van der Waals surface area contributed by atoms with Crippen molar-refractivity contribution in [3.05, 3.63) is 29.8 Å². The Kier molecular flexibility index (Phi) is 4.89. The molecular formula is C14H17NO4S. The molecule has 0 spiro atoms. The van der Waals surface area contributed by atoms with Gasteiger partial charge in [0.05, 0.1) is 13.7 Å². The molecule has 1 aromatic rings. The van der Waals surface area contributed by atoms with Crippen LogP contribution in [0.25, 0.3) is 0 Å². The molecule has 0 N–H and O–H groups in total. The summed E-state index contributed by atoms with van der Waals surface area (Å²) in [4.78, 5) is 25.3. The van der Waals surface area contributed by atoms with Gasteiger partial charge >= 0.3 is 5.97 Å². The number of methoxy groups -OCH3 is 1. The third-order valence-electron chi connectivity index (χ3n) is 3.05. The van der Waals surface area contributed by atoms with Crippen molar-refractivity contribution in [2.75, 3.05) is 19.5 Å². The summed E-state index contributed by atoms with van der Waals surface area (Å²) >= 11 is 1.16. The van der Waals surface area contributed by atoms with Crippen LogP contribution in [0.4, 0.5) is 4.79 Å². The molecule has 1 fully saturated rings. The molecule has 0 radical (unpaired) electrons. The average molecular weight is 295 g/mol. The summed E-state index contributed by atoms with van der Waals surface area (Å²) in [7, 11) is 1.60. The highest BCUT2D eigenvalue weighted by Gasteiger charge is 2.37. The molecule has 1 aliphatic heterocycles. The van der Waals surface area contributed by atoms with Crippen LogP contribution in [-0.2, 0) is 16.1 Å². The molecule has 1 aromatic carbocycles. The van der Waals surface area contributed by atoms with Gasteiger partial charge in [-0.15, -0.1) is 0 Å². The molecule has 1 amide bonds. The van der Waals surface area contributed by atoms with Crippen molar-refractivity contribution < 1.29 is 19.1 Å². The number of thioether (sulfide) groups is 1. The number of nitrogens with zero attached hydrogens (tertiary/aromatic N) is 1. The van der Waals surface area contributed by atoms with Gasteiger partial charge in [0.25, 0.3) is 5.24 Å². The minimum Gasteiger partial charge on any atom is -0.497 e. The fourth-order valence-corrected chi connectivity index (χ4v) is 2.96. The molecule has 2 rings (SSSR count). The van der Waals surface area contributed by atoms with E-state index in [0.717, 1.165) is 23.1 Å². The third-order valence-corrected chi connectivity index (χ3v) is 4.01. The molecule has 5 nitrogen and oxygen atoms in total. The number of ether oxygens (including phenoxy) is 2. The molecule has 1 heterocycles. The molecule has 20 heavy (non-hydrogen) atoms. The lowest BCUT2D eigenvalue weighted by Crippen LogP contribution is -2.40. The Bertz CT molecular complexity index is 488. The standard InChI is InChI=1S/C14H17NO4S/c1-3-19-13(16)12-9-20-14(17)15(12)8-10-4-6-11(18-2)7-5-10/h4-7,12H,3,8-9H2,1-2H3/t12-/m0/s1. The Morgan fingerprint density at radius 1 is 1.40 bits per heavy atom. The lowest BCUT2D eigenvalue weighted by Gasteiger charge is -2.22. The second-order valence-corrected chi connectivity index (χ2v) is 5.29. The number of carbonyl (C=O) groups excluding carboxylic acids is 2. The van der Waals surface area contributed by atoms with E-state index in [4.69, 9.17) is 9.47 Å². The topological polar surface area (TPSA) is 55.8 Å². The lowest BCUT2D eigenvalue weighted by molar-refractivity contribution is -0.147. The van der Waals surface area contributed by atoms with Crippen LogP contribution < -0.4 is 4.74 Å². The van der Waals surface area contributed by atoms with Gasteiger partial charge in [-0.1, -0.05) is 23.9 Å². The van der Waals surface area contributed by atoms with Gasteiger partial charge in [-0.05, 0) is 24.6 Å². The quantitative estimate of drug-likeness (QED) is 0.780. The molecule has 0 saturated carbocycles. The van der Waals surface area contributed by atoms with Crippen LogP contribution in [0.3, 0.4) is 0 Å². The van der Waals surface area contributed by atoms with Gasteiger partial charge in [0, 0.05) is 12.3 Å². The molecule has 0 bridgehead atoms. The fourth-order valence-electron chi connectivity index (χ4n) is 1.99. The van der Waals surface area contributed by atoms with Crippen molar-refractivity contribution in [2.24, 2.45) is 0 Å². The summed E-state index contributed by atoms with van der Waals surface area (Å²) < 4.78 is 10.1. The van der Waals surface area contributed by atoms with Crippen LogP contribution in [0.15, 0.2) is 24.3 Å². The molecular weight excluding hydrogens is 278 g/mol. The monoisotopic (exact) mass is 295 g/mol. The summed E-state index contributed by atoms with van der Waals surface area (Å²) in [6.45, 7) is 2.49. The first-order valence-electron chi connectivity index (χ1n) is 6.38. The van der Waals surface area contributed by atoms with Gasteiger partial charge in [-0.25, -0.2) is 4.79 Å². The largest absolute Gasteiger partial charge is 0.497 e. The molecule has 0 aromatic heterocycles. The van der Waals surface area contributed by atoms with Gasteiger partial charge in [-0.2, -0.15) is 0 Å². The van der Waals surface area contributed by atoms with Gasteiger partial charge < -0.3 is 14.4 Å². The average Bonchev–Trinajstić information content (AvgIpc) is 2.81. The van der Waals surface area contributed by atoms with Crippen LogP contribution in [0.2, 0.25) is 0 Å². The number of rotatable bonds is 5. The smallest absolute Gasteiger partial charge is 0.329 e. The van der Waals surface area contributed by atoms with E-state index in [9.17, 15) is 9.59 Å². The van der Waals surface area contributed by atoms with E-state index in [-0.39, 0.29) is 11.2 Å². The maximum Gasteiger partial charge on any atom is 0.329 e. The number of esters is 1. The van der Waals surface area contributed by atoms with E-state index < -0.39 is 6.04 Å². The van der Waals surface area contributed by atoms with Crippen molar-refractivity contribution >= 4 is 23.0 Å². The van der Waals surface area contributed by atoms with Gasteiger partial charge in [0.2, 0.25) is 0 Å². The van der Waals surface area contributed by atoms with Crippen molar-refractivity contribution in [1.82, 2.24) is 4.90 Å². The first kappa shape index (κ1) is 14.7. The number of hydrogen-bond donors (Lipinski definition) is 0. The van der Waals surface area contributed by atoms with E-state index >= 15 is 0 Å². The maximum atomic E-state index is 11.9. The SMILES string of the molecule is CCOC(=O)[C@@H]1CSC(=O)N1Cc1ccc(OC)cc1. The number of carbonyl (C=O) groups is 2. The summed E-state index contributed by atoms with van der Waals surface area (Å²) in [6.07, 6.45) is 0. The Hall–Kier alpha value is -1.69. The van der Waals surface area contributed by atoms with Crippen molar-refractivity contribution in [3.63, 3.8) is 0 Å². The summed E-state index contributed by atoms with van der Waals surface area (Å²) in [5.41, 5.74) is 0.955. The summed E-state index contributed by atoms with van der Waals surface area (Å²) in [5, 5.41) is -0.0844. The minimum atomic E-state index is -0.491. The minimum absolute atomic E-state index is 0.0844. The summed E-state index contributed by atoms with van der Waals surface area (Å²) in [6, 6.07) is 6.95. The van der Waals surface area contributed by atoms with Gasteiger partial charge in [0.15, 0.2) is 0 Å². The lowest BCUT2D eigenvalue weighted by atomic mass is 10.2. The van der Waals surface area contributed by atoms with Gasteiger partial charge in [0.1, 0.15) is 11.8 Å². The van der Waals surface area contributed by atoms with Gasteiger partial charge in [-0.3, -0.25) is 4.79 Å². The number of amides is 1. The van der Waals surface area contributed by atoms with Crippen LogP contribution in [0.5, 0.6) is 5.75 Å². The maximum absolute atomic E-state index is 11.9. The molecule has 1 atom stereocenters. The van der Waals surface area contributed by atoms with Crippen molar-refractivity contribution in [1.29, 1.82) is 0 Å². The van der Waals surface area contributed by atoms with Crippen LogP contribution in [0.1, 0.15) is 12.5 Å². The van der Waals surface area contributed by atoms with E-state index in [1.54, 1.807) is 18.9 Å².